The number of hydrogen-bond donors (Lipinski definition) is 0. The van der Waals surface area contributed by atoms with Gasteiger partial charge in [-0.2, -0.15) is 0 Å². The zero-order chi connectivity index (χ0) is 12.8. The van der Waals surface area contributed by atoms with E-state index < -0.39 is 0 Å². The molecule has 0 fully saturated rings. The summed E-state index contributed by atoms with van der Waals surface area (Å²) in [5.74, 6) is 1.34. The SMILES string of the molecule is CCN(C)C(=O)CSCc1ccc(Cl)cc1Cl. The molecule has 1 amide bonds. The van der Waals surface area contributed by atoms with Crippen molar-refractivity contribution in [3.8, 4) is 0 Å². The van der Waals surface area contributed by atoms with E-state index in [-0.39, 0.29) is 5.91 Å². The molecular formula is C12H15Cl2NOS. The zero-order valence-corrected chi connectivity index (χ0v) is 12.2. The van der Waals surface area contributed by atoms with Crippen molar-refractivity contribution in [1.82, 2.24) is 4.90 Å². The minimum atomic E-state index is 0.141. The first-order valence-electron chi connectivity index (χ1n) is 5.30. The number of carbonyl (C=O) groups excluding carboxylic acids is 1. The second-order valence-electron chi connectivity index (χ2n) is 3.64. The van der Waals surface area contributed by atoms with Crippen molar-refractivity contribution in [3.63, 3.8) is 0 Å². The first-order valence-corrected chi connectivity index (χ1v) is 7.21. The normalized spacial score (nSPS) is 10.4. The van der Waals surface area contributed by atoms with Crippen LogP contribution >= 0.6 is 35.0 Å². The molecule has 1 aromatic carbocycles. The first kappa shape index (κ1) is 14.7. The summed E-state index contributed by atoms with van der Waals surface area (Å²) in [4.78, 5) is 13.3. The Morgan fingerprint density at radius 1 is 1.41 bits per heavy atom. The Kier molecular flexibility index (Phi) is 6.17. The molecular weight excluding hydrogens is 277 g/mol. The largest absolute Gasteiger partial charge is 0.345 e. The highest BCUT2D eigenvalue weighted by Crippen LogP contribution is 2.24. The van der Waals surface area contributed by atoms with Crippen molar-refractivity contribution in [1.29, 1.82) is 0 Å². The van der Waals surface area contributed by atoms with E-state index in [9.17, 15) is 4.79 Å². The lowest BCUT2D eigenvalue weighted by molar-refractivity contribution is -0.126. The molecule has 1 aromatic rings. The molecule has 0 heterocycles. The van der Waals surface area contributed by atoms with Crippen molar-refractivity contribution >= 4 is 40.9 Å². The van der Waals surface area contributed by atoms with Gasteiger partial charge in [-0.1, -0.05) is 29.3 Å². The molecule has 94 valence electrons. The topological polar surface area (TPSA) is 20.3 Å². The van der Waals surface area contributed by atoms with E-state index in [1.54, 1.807) is 29.8 Å². The quantitative estimate of drug-likeness (QED) is 0.824. The number of hydrogen-bond acceptors (Lipinski definition) is 2. The van der Waals surface area contributed by atoms with Crippen LogP contribution in [0.5, 0.6) is 0 Å². The fourth-order valence-electron chi connectivity index (χ4n) is 1.17. The Bertz CT molecular complexity index is 398. The average Bonchev–Trinajstić information content (AvgIpc) is 2.30. The van der Waals surface area contributed by atoms with Gasteiger partial charge in [0.2, 0.25) is 5.91 Å². The molecule has 0 N–H and O–H groups in total. The van der Waals surface area contributed by atoms with Crippen LogP contribution in [0.3, 0.4) is 0 Å². The number of thioether (sulfide) groups is 1. The van der Waals surface area contributed by atoms with E-state index in [1.165, 1.54) is 0 Å². The van der Waals surface area contributed by atoms with Crippen LogP contribution in [0.15, 0.2) is 18.2 Å². The summed E-state index contributed by atoms with van der Waals surface area (Å²) in [6.45, 7) is 2.69. The second-order valence-corrected chi connectivity index (χ2v) is 5.47. The number of halogens is 2. The minimum Gasteiger partial charge on any atom is -0.345 e. The van der Waals surface area contributed by atoms with E-state index in [0.29, 0.717) is 15.8 Å². The van der Waals surface area contributed by atoms with Gasteiger partial charge in [0, 0.05) is 29.4 Å². The molecule has 0 saturated carbocycles. The summed E-state index contributed by atoms with van der Waals surface area (Å²) in [7, 11) is 1.80. The van der Waals surface area contributed by atoms with Gasteiger partial charge in [0.15, 0.2) is 0 Å². The van der Waals surface area contributed by atoms with Crippen LogP contribution in [-0.2, 0) is 10.5 Å². The van der Waals surface area contributed by atoms with Gasteiger partial charge >= 0.3 is 0 Å². The molecule has 1 rings (SSSR count). The van der Waals surface area contributed by atoms with Crippen LogP contribution in [0.25, 0.3) is 0 Å². The Morgan fingerprint density at radius 2 is 2.12 bits per heavy atom. The van der Waals surface area contributed by atoms with Gasteiger partial charge in [-0.15, -0.1) is 11.8 Å². The van der Waals surface area contributed by atoms with Gasteiger partial charge in [0.05, 0.1) is 5.75 Å². The van der Waals surface area contributed by atoms with Gasteiger partial charge in [-0.25, -0.2) is 0 Å². The number of carbonyl (C=O) groups is 1. The minimum absolute atomic E-state index is 0.141. The fraction of sp³-hybridized carbons (Fsp3) is 0.417. The molecule has 0 aliphatic carbocycles. The number of rotatable bonds is 5. The lowest BCUT2D eigenvalue weighted by Crippen LogP contribution is -2.27. The van der Waals surface area contributed by atoms with Gasteiger partial charge in [0.25, 0.3) is 0 Å². The molecule has 0 aromatic heterocycles. The maximum Gasteiger partial charge on any atom is 0.232 e. The van der Waals surface area contributed by atoms with Crippen molar-refractivity contribution in [2.24, 2.45) is 0 Å². The van der Waals surface area contributed by atoms with E-state index in [0.717, 1.165) is 17.9 Å². The molecule has 0 unspecified atom stereocenters. The molecule has 0 saturated heterocycles. The van der Waals surface area contributed by atoms with Crippen LogP contribution < -0.4 is 0 Å². The van der Waals surface area contributed by atoms with E-state index in [4.69, 9.17) is 23.2 Å². The lowest BCUT2D eigenvalue weighted by atomic mass is 10.2. The van der Waals surface area contributed by atoms with Crippen molar-refractivity contribution in [2.75, 3.05) is 19.3 Å². The van der Waals surface area contributed by atoms with Gasteiger partial charge in [-0.3, -0.25) is 4.79 Å². The van der Waals surface area contributed by atoms with E-state index in [1.807, 2.05) is 19.1 Å². The zero-order valence-electron chi connectivity index (χ0n) is 9.87. The van der Waals surface area contributed by atoms with Gasteiger partial charge in [0.1, 0.15) is 0 Å². The molecule has 0 spiro atoms. The highest BCUT2D eigenvalue weighted by molar-refractivity contribution is 7.99. The maximum absolute atomic E-state index is 11.6. The van der Waals surface area contributed by atoms with Crippen LogP contribution in [0, 0.1) is 0 Å². The molecule has 17 heavy (non-hydrogen) atoms. The van der Waals surface area contributed by atoms with Crippen molar-refractivity contribution in [2.45, 2.75) is 12.7 Å². The molecule has 2 nitrogen and oxygen atoms in total. The predicted molar refractivity (Wildman–Crippen MR) is 75.9 cm³/mol. The van der Waals surface area contributed by atoms with Crippen LogP contribution in [-0.4, -0.2) is 30.2 Å². The maximum atomic E-state index is 11.6. The molecule has 0 aliphatic heterocycles. The summed E-state index contributed by atoms with van der Waals surface area (Å²) < 4.78 is 0. The van der Waals surface area contributed by atoms with Gasteiger partial charge < -0.3 is 4.90 Å². The summed E-state index contributed by atoms with van der Waals surface area (Å²) in [5, 5.41) is 1.28. The van der Waals surface area contributed by atoms with Gasteiger partial charge in [-0.05, 0) is 24.6 Å². The fourth-order valence-corrected chi connectivity index (χ4v) is 2.70. The van der Waals surface area contributed by atoms with Crippen LogP contribution in [0.4, 0.5) is 0 Å². The predicted octanol–water partition coefficient (Wildman–Crippen LogP) is 3.70. The highest BCUT2D eigenvalue weighted by Gasteiger charge is 2.07. The molecule has 0 radical (unpaired) electrons. The molecule has 0 aliphatic rings. The molecule has 0 atom stereocenters. The van der Waals surface area contributed by atoms with E-state index in [2.05, 4.69) is 0 Å². The Morgan fingerprint density at radius 3 is 2.71 bits per heavy atom. The first-order chi connectivity index (χ1) is 8.04. The van der Waals surface area contributed by atoms with Crippen molar-refractivity contribution in [3.05, 3.63) is 33.8 Å². The third kappa shape index (κ3) is 4.78. The highest BCUT2D eigenvalue weighted by atomic mass is 35.5. The number of benzene rings is 1. The summed E-state index contributed by atoms with van der Waals surface area (Å²) in [6, 6.07) is 5.42. The average molecular weight is 292 g/mol. The number of amides is 1. The standard InChI is InChI=1S/C12H15Cl2NOS/c1-3-15(2)12(16)8-17-7-9-4-5-10(13)6-11(9)14/h4-6H,3,7-8H2,1-2H3. The summed E-state index contributed by atoms with van der Waals surface area (Å²) in [6.07, 6.45) is 0. The Balaban J connectivity index is 2.43. The van der Waals surface area contributed by atoms with Crippen LogP contribution in [0.2, 0.25) is 10.0 Å². The Hall–Kier alpha value is -0.380. The van der Waals surface area contributed by atoms with E-state index >= 15 is 0 Å². The third-order valence-electron chi connectivity index (χ3n) is 2.40. The van der Waals surface area contributed by atoms with Crippen molar-refractivity contribution < 1.29 is 4.79 Å². The monoisotopic (exact) mass is 291 g/mol. The summed E-state index contributed by atoms with van der Waals surface area (Å²) >= 11 is 13.4. The summed E-state index contributed by atoms with van der Waals surface area (Å²) in [5.41, 5.74) is 1.01. The second kappa shape index (κ2) is 7.14. The Labute approximate surface area is 116 Å². The number of nitrogens with zero attached hydrogens (tertiary/aromatic N) is 1. The lowest BCUT2D eigenvalue weighted by Gasteiger charge is -2.14. The van der Waals surface area contributed by atoms with Crippen LogP contribution in [0.1, 0.15) is 12.5 Å². The smallest absolute Gasteiger partial charge is 0.232 e. The molecule has 0 bridgehead atoms. The third-order valence-corrected chi connectivity index (χ3v) is 3.95. The molecule has 5 heteroatoms.